The number of ether oxygens (including phenoxy) is 1. The summed E-state index contributed by atoms with van der Waals surface area (Å²) in [4.78, 5) is 24.0. The van der Waals surface area contributed by atoms with Gasteiger partial charge in [0.15, 0.2) is 0 Å². The van der Waals surface area contributed by atoms with Crippen LogP contribution in [0.5, 0.6) is 0 Å². The third-order valence-electron chi connectivity index (χ3n) is 3.41. The Balaban J connectivity index is 2.06. The number of fused-ring (bicyclic) bond motifs is 1. The predicted octanol–water partition coefficient (Wildman–Crippen LogP) is 3.80. The van der Waals surface area contributed by atoms with E-state index in [-0.39, 0.29) is 11.1 Å². The number of amides is 1. The Hall–Kier alpha value is -3.09. The zero-order chi connectivity index (χ0) is 18.2. The molecule has 1 amide bonds. The van der Waals surface area contributed by atoms with Gasteiger partial charge in [-0.05, 0) is 45.0 Å². The van der Waals surface area contributed by atoms with Crippen LogP contribution >= 0.6 is 0 Å². The van der Waals surface area contributed by atoms with Crippen LogP contribution in [-0.2, 0) is 4.74 Å². The molecule has 0 spiro atoms. The van der Waals surface area contributed by atoms with Crippen molar-refractivity contribution in [3.8, 4) is 5.69 Å². The molecule has 0 bridgehead atoms. The van der Waals surface area contributed by atoms with E-state index in [1.165, 1.54) is 10.7 Å². The zero-order valence-electron chi connectivity index (χ0n) is 14.1. The number of H-pyrrole nitrogens is 1. The Morgan fingerprint density at radius 1 is 1.20 bits per heavy atom. The van der Waals surface area contributed by atoms with Crippen LogP contribution in [0, 0.1) is 5.82 Å². The van der Waals surface area contributed by atoms with Crippen LogP contribution in [0.2, 0.25) is 0 Å². The SMILES string of the molecule is CC(C)(C)OC(=O)Nc1cc(F)c2c(=O)[nH]n(-c3ccccc3)c2c1. The molecule has 0 aliphatic rings. The molecular formula is C18H18FN3O3. The average molecular weight is 343 g/mol. The van der Waals surface area contributed by atoms with E-state index in [1.54, 1.807) is 45.0 Å². The highest BCUT2D eigenvalue weighted by molar-refractivity contribution is 5.90. The highest BCUT2D eigenvalue weighted by atomic mass is 19.1. The van der Waals surface area contributed by atoms with Crippen LogP contribution in [0.25, 0.3) is 16.6 Å². The van der Waals surface area contributed by atoms with Gasteiger partial charge in [-0.2, -0.15) is 0 Å². The minimum atomic E-state index is -0.723. The summed E-state index contributed by atoms with van der Waals surface area (Å²) in [5.41, 5.74) is -0.0266. The Bertz CT molecular complexity index is 984. The molecule has 0 saturated heterocycles. The van der Waals surface area contributed by atoms with Gasteiger partial charge < -0.3 is 4.74 Å². The maximum Gasteiger partial charge on any atom is 0.412 e. The number of carbonyl (C=O) groups is 1. The topological polar surface area (TPSA) is 76.1 Å². The molecule has 25 heavy (non-hydrogen) atoms. The second-order valence-electron chi connectivity index (χ2n) is 6.59. The molecule has 2 aromatic carbocycles. The van der Waals surface area contributed by atoms with Gasteiger partial charge in [-0.1, -0.05) is 18.2 Å². The van der Waals surface area contributed by atoms with Gasteiger partial charge in [0.2, 0.25) is 0 Å². The average Bonchev–Trinajstić information content (AvgIpc) is 2.83. The first-order valence-corrected chi connectivity index (χ1v) is 7.74. The van der Waals surface area contributed by atoms with Gasteiger partial charge in [-0.15, -0.1) is 0 Å². The van der Waals surface area contributed by atoms with Gasteiger partial charge in [-0.3, -0.25) is 19.9 Å². The number of aromatic nitrogens is 2. The highest BCUT2D eigenvalue weighted by Gasteiger charge is 2.18. The number of hydrogen-bond donors (Lipinski definition) is 2. The van der Waals surface area contributed by atoms with Crippen molar-refractivity contribution in [1.82, 2.24) is 9.78 Å². The minimum absolute atomic E-state index is 0.0707. The van der Waals surface area contributed by atoms with Gasteiger partial charge in [0, 0.05) is 5.69 Å². The molecule has 0 aliphatic heterocycles. The van der Waals surface area contributed by atoms with Crippen LogP contribution in [0.15, 0.2) is 47.3 Å². The summed E-state index contributed by atoms with van der Waals surface area (Å²) in [5, 5.41) is 5.02. The fourth-order valence-corrected chi connectivity index (χ4v) is 2.49. The highest BCUT2D eigenvalue weighted by Crippen LogP contribution is 2.23. The van der Waals surface area contributed by atoms with Crippen molar-refractivity contribution in [3.63, 3.8) is 0 Å². The van der Waals surface area contributed by atoms with Gasteiger partial charge in [0.25, 0.3) is 5.56 Å². The van der Waals surface area contributed by atoms with Crippen molar-refractivity contribution < 1.29 is 13.9 Å². The van der Waals surface area contributed by atoms with E-state index in [1.807, 2.05) is 6.07 Å². The van der Waals surface area contributed by atoms with Crippen LogP contribution in [0.4, 0.5) is 14.9 Å². The number of benzene rings is 2. The summed E-state index contributed by atoms with van der Waals surface area (Å²) < 4.78 is 21.0. The molecule has 6 nitrogen and oxygen atoms in total. The normalized spacial score (nSPS) is 11.5. The van der Waals surface area contributed by atoms with Gasteiger partial charge in [0.1, 0.15) is 16.8 Å². The second kappa shape index (κ2) is 6.08. The molecule has 7 heteroatoms. The van der Waals surface area contributed by atoms with Crippen LogP contribution in [-0.4, -0.2) is 21.5 Å². The molecular weight excluding hydrogens is 325 g/mol. The third kappa shape index (κ3) is 3.55. The van der Waals surface area contributed by atoms with Crippen molar-refractivity contribution in [2.24, 2.45) is 0 Å². The summed E-state index contributed by atoms with van der Waals surface area (Å²) >= 11 is 0. The first kappa shape index (κ1) is 16.8. The van der Waals surface area contributed by atoms with Crippen molar-refractivity contribution in [1.29, 1.82) is 0 Å². The molecule has 0 atom stereocenters. The molecule has 0 saturated carbocycles. The van der Waals surface area contributed by atoms with Gasteiger partial charge >= 0.3 is 6.09 Å². The fourth-order valence-electron chi connectivity index (χ4n) is 2.49. The quantitative estimate of drug-likeness (QED) is 0.743. The lowest BCUT2D eigenvalue weighted by Crippen LogP contribution is -2.27. The molecule has 1 heterocycles. The van der Waals surface area contributed by atoms with Crippen LogP contribution in [0.1, 0.15) is 20.8 Å². The lowest BCUT2D eigenvalue weighted by Gasteiger charge is -2.19. The van der Waals surface area contributed by atoms with Crippen molar-refractivity contribution in [2.75, 3.05) is 5.32 Å². The van der Waals surface area contributed by atoms with E-state index in [0.29, 0.717) is 11.2 Å². The maximum atomic E-state index is 14.4. The van der Waals surface area contributed by atoms with Crippen LogP contribution < -0.4 is 10.9 Å². The molecule has 3 aromatic rings. The molecule has 0 fully saturated rings. The van der Waals surface area contributed by atoms with E-state index in [4.69, 9.17) is 4.74 Å². The number of carbonyl (C=O) groups excluding carboxylic acids is 1. The molecule has 0 radical (unpaired) electrons. The summed E-state index contributed by atoms with van der Waals surface area (Å²) in [7, 11) is 0. The number of rotatable bonds is 2. The minimum Gasteiger partial charge on any atom is -0.444 e. The van der Waals surface area contributed by atoms with Crippen molar-refractivity contribution in [2.45, 2.75) is 26.4 Å². The standard InChI is InChI=1S/C18H18FN3O3/c1-18(2,3)25-17(24)20-11-9-13(19)15-14(10-11)22(21-16(15)23)12-7-5-4-6-8-12/h4-10H,1-3H3,(H,20,24)(H,21,23). The smallest absolute Gasteiger partial charge is 0.412 e. The molecule has 0 aliphatic carbocycles. The van der Waals surface area contributed by atoms with Crippen LogP contribution in [0.3, 0.4) is 0 Å². The Morgan fingerprint density at radius 2 is 1.88 bits per heavy atom. The summed E-state index contributed by atoms with van der Waals surface area (Å²) in [6.07, 6.45) is -0.699. The molecule has 130 valence electrons. The molecule has 3 rings (SSSR count). The predicted molar refractivity (Wildman–Crippen MR) is 93.7 cm³/mol. The molecule has 0 unspecified atom stereocenters. The summed E-state index contributed by atoms with van der Waals surface area (Å²) in [6.45, 7) is 5.20. The van der Waals surface area contributed by atoms with E-state index in [2.05, 4.69) is 10.4 Å². The largest absolute Gasteiger partial charge is 0.444 e. The number of halogens is 1. The summed E-state index contributed by atoms with van der Waals surface area (Å²) in [5.74, 6) is -0.723. The fraction of sp³-hybridized carbons (Fsp3) is 0.222. The summed E-state index contributed by atoms with van der Waals surface area (Å²) in [6, 6.07) is 11.6. The number of aromatic amines is 1. The molecule has 2 N–H and O–H groups in total. The van der Waals surface area contributed by atoms with Gasteiger partial charge in [-0.25, -0.2) is 9.18 Å². The third-order valence-corrected chi connectivity index (χ3v) is 3.41. The van der Waals surface area contributed by atoms with Crippen molar-refractivity contribution in [3.05, 3.63) is 58.6 Å². The first-order chi connectivity index (χ1) is 11.7. The van der Waals surface area contributed by atoms with E-state index in [9.17, 15) is 14.0 Å². The Labute approximate surface area is 143 Å². The zero-order valence-corrected chi connectivity index (χ0v) is 14.1. The monoisotopic (exact) mass is 343 g/mol. The van der Waals surface area contributed by atoms with Gasteiger partial charge in [0.05, 0.1) is 11.2 Å². The van der Waals surface area contributed by atoms with E-state index >= 15 is 0 Å². The number of para-hydroxylation sites is 1. The lowest BCUT2D eigenvalue weighted by molar-refractivity contribution is 0.0636. The lowest BCUT2D eigenvalue weighted by atomic mass is 10.2. The van der Waals surface area contributed by atoms with E-state index < -0.39 is 23.1 Å². The number of nitrogens with one attached hydrogen (secondary N) is 2. The second-order valence-corrected chi connectivity index (χ2v) is 6.59. The number of nitrogens with zero attached hydrogens (tertiary/aromatic N) is 1. The maximum absolute atomic E-state index is 14.4. The Kier molecular flexibility index (Phi) is 4.08. The van der Waals surface area contributed by atoms with E-state index in [0.717, 1.165) is 6.07 Å². The van der Waals surface area contributed by atoms with Crippen molar-refractivity contribution >= 4 is 22.7 Å². The first-order valence-electron chi connectivity index (χ1n) is 7.74. The molecule has 1 aromatic heterocycles. The number of anilines is 1. The number of hydrogen-bond acceptors (Lipinski definition) is 3. The Morgan fingerprint density at radius 3 is 2.52 bits per heavy atom.